The number of carbonyl (C=O) groups excluding carboxylic acids is 2. The summed E-state index contributed by atoms with van der Waals surface area (Å²) in [7, 11) is 1.65. The fraction of sp³-hybridized carbons (Fsp3) is 0.226. The molecule has 0 N–H and O–H groups in total. The minimum atomic E-state index is -0.462. The van der Waals surface area contributed by atoms with Gasteiger partial charge in [-0.15, -0.1) is 0 Å². The Bertz CT molecular complexity index is 1490. The highest BCUT2D eigenvalue weighted by atomic mass is 16.6. The number of hydrogen-bond donors (Lipinski definition) is 0. The first-order chi connectivity index (χ1) is 18.1. The molecule has 2 aliphatic carbocycles. The van der Waals surface area contributed by atoms with E-state index in [0.29, 0.717) is 42.0 Å². The third-order valence-corrected chi connectivity index (χ3v) is 8.16. The number of hydrogen-bond acceptors (Lipinski definition) is 5. The van der Waals surface area contributed by atoms with Gasteiger partial charge in [-0.2, -0.15) is 0 Å². The van der Waals surface area contributed by atoms with Crippen LogP contribution in [-0.2, 0) is 16.6 Å². The average molecular weight is 492 g/mol. The van der Waals surface area contributed by atoms with Gasteiger partial charge in [-0.3, -0.25) is 4.79 Å². The Morgan fingerprint density at radius 1 is 0.946 bits per heavy atom. The number of methoxy groups -OCH3 is 1. The number of nitrogens with zero attached hydrogens (tertiary/aromatic N) is 1. The van der Waals surface area contributed by atoms with E-state index in [2.05, 4.69) is 6.08 Å². The van der Waals surface area contributed by atoms with Crippen LogP contribution in [0.3, 0.4) is 0 Å². The Balaban J connectivity index is 1.33. The van der Waals surface area contributed by atoms with Crippen molar-refractivity contribution in [1.29, 1.82) is 0 Å². The zero-order valence-electron chi connectivity index (χ0n) is 20.3. The largest absolute Gasteiger partial charge is 0.497 e. The van der Waals surface area contributed by atoms with Gasteiger partial charge in [-0.05, 0) is 60.4 Å². The molecule has 6 nitrogen and oxygen atoms in total. The zero-order chi connectivity index (χ0) is 25.1. The molecule has 0 unspecified atom stereocenters. The molecule has 37 heavy (non-hydrogen) atoms. The van der Waals surface area contributed by atoms with Crippen molar-refractivity contribution < 1.29 is 23.8 Å². The maximum atomic E-state index is 13.6. The molecule has 1 amide bonds. The number of likely N-dealkylation sites (tertiary alicyclic amines) is 1. The standard InChI is InChI=1S/C31H25NO5/c1-35-25-15-13-22-23-18-21-12-14-24(36-30(34)20-10-6-3-7-11-20)27-26(21)31(22,28(25)37-27)16-17-32(23)29(33)19-8-4-2-5-9-19/h2-15,23,28H,16-18H2,1H3/t23-,28-,31-/m0/s1. The van der Waals surface area contributed by atoms with Crippen molar-refractivity contribution in [3.05, 3.63) is 119 Å². The Labute approximate surface area is 214 Å². The van der Waals surface area contributed by atoms with Crippen molar-refractivity contribution >= 4 is 11.9 Å². The minimum absolute atomic E-state index is 0.0374. The maximum absolute atomic E-state index is 13.6. The van der Waals surface area contributed by atoms with Crippen molar-refractivity contribution in [3.8, 4) is 11.5 Å². The van der Waals surface area contributed by atoms with Gasteiger partial charge in [0.1, 0.15) is 5.76 Å². The number of benzene rings is 3. The van der Waals surface area contributed by atoms with E-state index in [0.717, 1.165) is 22.5 Å². The molecule has 3 aromatic carbocycles. The molecule has 1 spiro atoms. The lowest BCUT2D eigenvalue weighted by Gasteiger charge is -2.53. The quantitative estimate of drug-likeness (QED) is 0.386. The molecule has 2 heterocycles. The Kier molecular flexibility index (Phi) is 4.80. The molecule has 3 atom stereocenters. The number of ether oxygens (including phenoxy) is 3. The van der Waals surface area contributed by atoms with E-state index in [-0.39, 0.29) is 18.1 Å². The average Bonchev–Trinajstić information content (AvgIpc) is 3.29. The number of rotatable bonds is 4. The molecule has 1 fully saturated rings. The molecule has 0 aromatic heterocycles. The van der Waals surface area contributed by atoms with E-state index in [4.69, 9.17) is 14.2 Å². The first kappa shape index (κ1) is 21.9. The highest BCUT2D eigenvalue weighted by Crippen LogP contribution is 2.62. The van der Waals surface area contributed by atoms with Gasteiger partial charge in [0.15, 0.2) is 17.6 Å². The van der Waals surface area contributed by atoms with E-state index < -0.39 is 11.4 Å². The second kappa shape index (κ2) is 8.10. The number of piperidine rings is 1. The fourth-order valence-electron chi connectivity index (χ4n) is 6.57. The van der Waals surface area contributed by atoms with Gasteiger partial charge in [-0.25, -0.2) is 4.79 Å². The summed E-state index contributed by atoms with van der Waals surface area (Å²) in [5.41, 5.74) is 4.04. The molecule has 6 heteroatoms. The molecule has 3 aromatic rings. The van der Waals surface area contributed by atoms with Gasteiger partial charge in [0.05, 0.1) is 24.1 Å². The lowest BCUT2D eigenvalue weighted by molar-refractivity contribution is 0.0467. The van der Waals surface area contributed by atoms with Crippen molar-refractivity contribution in [2.75, 3.05) is 13.7 Å². The summed E-state index contributed by atoms with van der Waals surface area (Å²) in [6.45, 7) is 0.597. The van der Waals surface area contributed by atoms with E-state index in [1.54, 1.807) is 19.2 Å². The molecule has 184 valence electrons. The van der Waals surface area contributed by atoms with Gasteiger partial charge in [-0.1, -0.05) is 48.5 Å². The highest BCUT2D eigenvalue weighted by Gasteiger charge is 2.63. The van der Waals surface area contributed by atoms with Crippen molar-refractivity contribution in [3.63, 3.8) is 0 Å². The fourth-order valence-corrected chi connectivity index (χ4v) is 6.57. The molecular weight excluding hydrogens is 466 g/mol. The van der Waals surface area contributed by atoms with Gasteiger partial charge < -0.3 is 19.1 Å². The summed E-state index contributed by atoms with van der Waals surface area (Å²) >= 11 is 0. The SMILES string of the molecule is COC1=CC=C2[C@@H]3Cc4ccc(OC(=O)c5ccccc5)c5c4[C@@]2(CCN3C(=O)c2ccccc2)[C@H]1O5. The van der Waals surface area contributed by atoms with Crippen LogP contribution >= 0.6 is 0 Å². The molecule has 1 saturated heterocycles. The smallest absolute Gasteiger partial charge is 0.343 e. The van der Waals surface area contributed by atoms with Crippen LogP contribution in [0.2, 0.25) is 0 Å². The lowest BCUT2D eigenvalue weighted by Crippen LogP contribution is -2.60. The summed E-state index contributed by atoms with van der Waals surface area (Å²) in [4.78, 5) is 28.5. The normalized spacial score (nSPS) is 24.3. The third-order valence-electron chi connectivity index (χ3n) is 8.16. The molecule has 2 bridgehead atoms. The van der Waals surface area contributed by atoms with Crippen LogP contribution in [0.1, 0.15) is 38.3 Å². The van der Waals surface area contributed by atoms with Gasteiger partial charge in [0, 0.05) is 17.7 Å². The molecule has 2 aliphatic heterocycles. The van der Waals surface area contributed by atoms with Crippen LogP contribution in [0.15, 0.2) is 96.3 Å². The Morgan fingerprint density at radius 3 is 2.41 bits per heavy atom. The van der Waals surface area contributed by atoms with Crippen LogP contribution in [0.5, 0.6) is 11.5 Å². The number of allylic oxidation sites excluding steroid dienone is 2. The lowest BCUT2D eigenvalue weighted by atomic mass is 9.57. The monoisotopic (exact) mass is 491 g/mol. The molecule has 7 rings (SSSR count). The minimum Gasteiger partial charge on any atom is -0.497 e. The van der Waals surface area contributed by atoms with Crippen LogP contribution < -0.4 is 9.47 Å². The van der Waals surface area contributed by atoms with E-state index in [9.17, 15) is 9.59 Å². The van der Waals surface area contributed by atoms with Crippen molar-refractivity contribution in [2.24, 2.45) is 0 Å². The molecule has 0 radical (unpaired) electrons. The van der Waals surface area contributed by atoms with Crippen molar-refractivity contribution in [1.82, 2.24) is 4.90 Å². The summed E-state index contributed by atoms with van der Waals surface area (Å²) in [6, 6.07) is 22.1. The summed E-state index contributed by atoms with van der Waals surface area (Å²) in [6.07, 6.45) is 5.05. The number of carbonyl (C=O) groups is 2. The summed E-state index contributed by atoms with van der Waals surface area (Å²) in [5.74, 6) is 1.35. The summed E-state index contributed by atoms with van der Waals surface area (Å²) < 4.78 is 18.3. The second-order valence-corrected chi connectivity index (χ2v) is 9.88. The predicted octanol–water partition coefficient (Wildman–Crippen LogP) is 4.85. The third kappa shape index (κ3) is 3.05. The van der Waals surface area contributed by atoms with Crippen LogP contribution in [0.25, 0.3) is 0 Å². The first-order valence-electron chi connectivity index (χ1n) is 12.5. The summed E-state index contributed by atoms with van der Waals surface area (Å²) in [5, 5.41) is 0. The van der Waals surface area contributed by atoms with Gasteiger partial charge >= 0.3 is 5.97 Å². The van der Waals surface area contributed by atoms with Gasteiger partial charge in [0.2, 0.25) is 0 Å². The molecule has 0 saturated carbocycles. The Morgan fingerprint density at radius 2 is 1.68 bits per heavy atom. The van der Waals surface area contributed by atoms with Gasteiger partial charge in [0.25, 0.3) is 5.91 Å². The topological polar surface area (TPSA) is 65.1 Å². The highest BCUT2D eigenvalue weighted by molar-refractivity contribution is 5.95. The van der Waals surface area contributed by atoms with E-state index >= 15 is 0 Å². The van der Waals surface area contributed by atoms with Crippen LogP contribution in [0.4, 0.5) is 0 Å². The number of amides is 1. The van der Waals surface area contributed by atoms with E-state index in [1.165, 1.54) is 0 Å². The Hall–Kier alpha value is -4.32. The maximum Gasteiger partial charge on any atom is 0.343 e. The van der Waals surface area contributed by atoms with Crippen LogP contribution in [0, 0.1) is 0 Å². The predicted molar refractivity (Wildman–Crippen MR) is 137 cm³/mol. The number of esters is 1. The first-order valence-corrected chi connectivity index (χ1v) is 12.5. The second-order valence-electron chi connectivity index (χ2n) is 9.88. The molecule has 4 aliphatic rings. The van der Waals surface area contributed by atoms with Crippen LogP contribution in [-0.4, -0.2) is 42.6 Å². The zero-order valence-corrected chi connectivity index (χ0v) is 20.3. The molecular formula is C31H25NO5. The van der Waals surface area contributed by atoms with E-state index in [1.807, 2.05) is 71.6 Å². The van der Waals surface area contributed by atoms with Crippen molar-refractivity contribution in [2.45, 2.75) is 30.4 Å².